The van der Waals surface area contributed by atoms with Crippen LogP contribution in [0.4, 0.5) is 0 Å². The van der Waals surface area contributed by atoms with Crippen molar-refractivity contribution in [3.05, 3.63) is 87.2 Å². The first kappa shape index (κ1) is 25.0. The highest BCUT2D eigenvalue weighted by Crippen LogP contribution is 2.68. The Kier molecular flexibility index (Phi) is 7.98. The summed E-state index contributed by atoms with van der Waals surface area (Å²) in [5.74, 6) is 3.75. The molecule has 2 aromatic rings. The van der Waals surface area contributed by atoms with Gasteiger partial charge in [0.2, 0.25) is 5.90 Å². The van der Waals surface area contributed by atoms with E-state index in [0.717, 1.165) is 5.90 Å². The molecule has 4 aliphatic heterocycles. The number of hydrogen-bond donors (Lipinski definition) is 0. The second-order valence-electron chi connectivity index (χ2n) is 8.45. The quantitative estimate of drug-likeness (QED) is 0.322. The first-order chi connectivity index (χ1) is 17.2. The van der Waals surface area contributed by atoms with Crippen molar-refractivity contribution in [3.63, 3.8) is 0 Å². The molecule has 4 aliphatic rings. The molecule has 0 N–H and O–H groups in total. The second-order valence-corrected chi connectivity index (χ2v) is 18.2. The molecule has 6 rings (SSSR count). The van der Waals surface area contributed by atoms with Crippen LogP contribution in [0, 0.1) is 5.92 Å². The molecule has 2 aromatic carbocycles. The van der Waals surface area contributed by atoms with Gasteiger partial charge in [0.15, 0.2) is 0 Å². The number of rotatable bonds is 5. The van der Waals surface area contributed by atoms with Crippen LogP contribution in [0.15, 0.2) is 92.2 Å². The molecule has 0 bridgehead atoms. The van der Waals surface area contributed by atoms with Crippen molar-refractivity contribution in [1.29, 1.82) is 0 Å². The number of aliphatic imine (C=N–C) groups is 1. The number of nitrogens with zero attached hydrogens (tertiary/aromatic N) is 1. The van der Waals surface area contributed by atoms with Gasteiger partial charge in [0.1, 0.15) is 6.61 Å². The summed E-state index contributed by atoms with van der Waals surface area (Å²) in [5, 5.41) is 2.74. The molecule has 35 heavy (non-hydrogen) atoms. The lowest BCUT2D eigenvalue weighted by Gasteiger charge is -2.20. The first-order valence-electron chi connectivity index (χ1n) is 11.5. The van der Waals surface area contributed by atoms with Crippen LogP contribution in [0.3, 0.4) is 0 Å². The standard InChI is InChI=1S/C26H24NOPS6/c1-16(2)19-15-28-21(27-19)20-22(29(17-9-5-3-6-10-17)18-11-7-4-8-12-18)33-25(32-20)26-34-23-24(35-26)31-14-13-30-23/h3-12,16,19H,13-15H2,1-2H3/t19-/m0/s1. The average molecular weight is 590 g/mol. The van der Waals surface area contributed by atoms with Gasteiger partial charge in [-0.05, 0) is 24.4 Å². The van der Waals surface area contributed by atoms with E-state index in [-0.39, 0.29) is 6.04 Å². The lowest BCUT2D eigenvalue weighted by molar-refractivity contribution is 0.292. The van der Waals surface area contributed by atoms with Gasteiger partial charge in [-0.2, -0.15) is 0 Å². The molecule has 0 fully saturated rings. The molecule has 2 nitrogen and oxygen atoms in total. The van der Waals surface area contributed by atoms with E-state index in [9.17, 15) is 0 Å². The predicted molar refractivity (Wildman–Crippen MR) is 167 cm³/mol. The fraction of sp³-hybridized carbons (Fsp3) is 0.269. The van der Waals surface area contributed by atoms with Crippen molar-refractivity contribution >= 4 is 95.0 Å². The number of thioether (sulfide) groups is 6. The molecular weight excluding hydrogens is 566 g/mol. The third kappa shape index (κ3) is 5.32. The minimum absolute atomic E-state index is 0.234. The van der Waals surface area contributed by atoms with Gasteiger partial charge >= 0.3 is 0 Å². The normalized spacial score (nSPS) is 22.4. The summed E-state index contributed by atoms with van der Waals surface area (Å²) >= 11 is 11.8. The van der Waals surface area contributed by atoms with Crippen molar-refractivity contribution in [2.45, 2.75) is 19.9 Å². The average Bonchev–Trinajstić information content (AvgIpc) is 3.63. The summed E-state index contributed by atoms with van der Waals surface area (Å²) in [6, 6.07) is 22.2. The molecule has 0 saturated heterocycles. The molecule has 0 aliphatic carbocycles. The highest BCUT2D eigenvalue weighted by Gasteiger charge is 2.38. The lowest BCUT2D eigenvalue weighted by Crippen LogP contribution is -2.13. The Morgan fingerprint density at radius 2 is 1.34 bits per heavy atom. The Hall–Kier alpha value is -0.340. The fourth-order valence-corrected chi connectivity index (χ4v) is 16.2. The van der Waals surface area contributed by atoms with Crippen molar-refractivity contribution in [2.24, 2.45) is 10.9 Å². The number of benzene rings is 2. The van der Waals surface area contributed by atoms with E-state index in [1.54, 1.807) is 0 Å². The monoisotopic (exact) mass is 589 g/mol. The topological polar surface area (TPSA) is 21.6 Å². The van der Waals surface area contributed by atoms with Crippen LogP contribution >= 0.6 is 78.5 Å². The van der Waals surface area contributed by atoms with Gasteiger partial charge in [0.05, 0.1) is 27.9 Å². The zero-order valence-electron chi connectivity index (χ0n) is 19.3. The van der Waals surface area contributed by atoms with Crippen LogP contribution in [0.25, 0.3) is 0 Å². The van der Waals surface area contributed by atoms with Crippen LogP contribution in [-0.4, -0.2) is 30.1 Å². The van der Waals surface area contributed by atoms with Crippen molar-refractivity contribution in [2.75, 3.05) is 18.1 Å². The summed E-state index contributed by atoms with van der Waals surface area (Å²) in [6.45, 7) is 5.15. The maximum atomic E-state index is 6.28. The van der Waals surface area contributed by atoms with Crippen molar-refractivity contribution < 1.29 is 4.74 Å². The molecular formula is C26H24NOPS6. The van der Waals surface area contributed by atoms with Gasteiger partial charge in [-0.1, -0.05) is 122 Å². The van der Waals surface area contributed by atoms with Crippen LogP contribution in [0.5, 0.6) is 0 Å². The summed E-state index contributed by atoms with van der Waals surface area (Å²) < 4.78 is 13.5. The Bertz CT molecular complexity index is 1180. The van der Waals surface area contributed by atoms with Crippen LogP contribution < -0.4 is 10.6 Å². The Labute approximate surface area is 234 Å². The third-order valence-electron chi connectivity index (χ3n) is 5.70. The molecule has 1 atom stereocenters. The molecule has 0 aromatic heterocycles. The zero-order chi connectivity index (χ0) is 23.8. The van der Waals surface area contributed by atoms with E-state index >= 15 is 0 Å². The molecule has 4 heterocycles. The van der Waals surface area contributed by atoms with Gasteiger partial charge in [-0.25, -0.2) is 4.99 Å². The van der Waals surface area contributed by atoms with Gasteiger partial charge in [0.25, 0.3) is 0 Å². The summed E-state index contributed by atoms with van der Waals surface area (Å²) in [5.41, 5.74) is 0. The molecule has 180 valence electrons. The lowest BCUT2D eigenvalue weighted by atomic mass is 10.1. The van der Waals surface area contributed by atoms with E-state index in [4.69, 9.17) is 9.73 Å². The number of ether oxygens (including phenoxy) is 1. The molecule has 0 saturated carbocycles. The molecule has 0 spiro atoms. The summed E-state index contributed by atoms with van der Waals surface area (Å²) in [4.78, 5) is 6.31. The molecule has 0 amide bonds. The van der Waals surface area contributed by atoms with E-state index < -0.39 is 7.92 Å². The zero-order valence-corrected chi connectivity index (χ0v) is 25.1. The third-order valence-corrected chi connectivity index (χ3v) is 17.6. The number of hydrogen-bond acceptors (Lipinski definition) is 8. The van der Waals surface area contributed by atoms with Crippen LogP contribution in [-0.2, 0) is 4.74 Å². The maximum Gasteiger partial charge on any atom is 0.224 e. The summed E-state index contributed by atoms with van der Waals surface area (Å²) in [6.07, 6.45) is 0. The summed E-state index contributed by atoms with van der Waals surface area (Å²) in [7, 11) is -0.711. The van der Waals surface area contributed by atoms with E-state index in [1.807, 2.05) is 70.6 Å². The van der Waals surface area contributed by atoms with Gasteiger partial charge < -0.3 is 4.74 Å². The molecule has 0 radical (unpaired) electrons. The smallest absolute Gasteiger partial charge is 0.224 e. The van der Waals surface area contributed by atoms with Crippen LogP contribution in [0.2, 0.25) is 0 Å². The van der Waals surface area contributed by atoms with Gasteiger partial charge in [0, 0.05) is 16.2 Å². The molecule has 0 unspecified atom stereocenters. The van der Waals surface area contributed by atoms with Gasteiger partial charge in [-0.15, -0.1) is 23.5 Å². The van der Waals surface area contributed by atoms with Crippen LogP contribution in [0.1, 0.15) is 13.8 Å². The highest BCUT2D eigenvalue weighted by atomic mass is 32.3. The highest BCUT2D eigenvalue weighted by molar-refractivity contribution is 8.43. The van der Waals surface area contributed by atoms with Crippen molar-refractivity contribution in [1.82, 2.24) is 0 Å². The van der Waals surface area contributed by atoms with Crippen molar-refractivity contribution in [3.8, 4) is 0 Å². The second kappa shape index (κ2) is 11.2. The fourth-order valence-electron chi connectivity index (χ4n) is 3.85. The predicted octanol–water partition coefficient (Wildman–Crippen LogP) is 8.43. The van der Waals surface area contributed by atoms with Gasteiger partial charge in [-0.3, -0.25) is 0 Å². The Morgan fingerprint density at radius 1 is 0.771 bits per heavy atom. The van der Waals surface area contributed by atoms with E-state index in [0.29, 0.717) is 12.5 Å². The first-order valence-corrected chi connectivity index (χ1v) is 18.1. The Morgan fingerprint density at radius 3 is 1.89 bits per heavy atom. The van der Waals surface area contributed by atoms with E-state index in [1.165, 1.54) is 48.6 Å². The Balaban J connectivity index is 1.43. The minimum atomic E-state index is -0.711. The minimum Gasteiger partial charge on any atom is -0.475 e. The SMILES string of the molecule is CC(C)[C@@H]1COC(C2=C(P(c3ccccc3)c3ccccc3)SC(=C3SC4=C(SCCS4)S3)S2)=N1. The van der Waals surface area contributed by atoms with E-state index in [2.05, 4.69) is 74.5 Å². The maximum absolute atomic E-state index is 6.28. The largest absolute Gasteiger partial charge is 0.475 e. The molecule has 9 heteroatoms.